The molecule has 12 nitrogen and oxygen atoms in total. The number of benzene rings is 1. The molecule has 6 rings (SSSR count). The van der Waals surface area contributed by atoms with Gasteiger partial charge in [-0.05, 0) is 68.6 Å². The average Bonchev–Trinajstić information content (AvgIpc) is 3.56. The number of anilines is 3. The third-order valence-corrected chi connectivity index (χ3v) is 7.86. The van der Waals surface area contributed by atoms with Crippen molar-refractivity contribution in [3.05, 3.63) is 47.8 Å². The second-order valence-electron chi connectivity index (χ2n) is 10.2. The molecule has 0 spiro atoms. The third kappa shape index (κ3) is 4.06. The maximum Gasteiger partial charge on any atom is 0.255 e. The van der Waals surface area contributed by atoms with Gasteiger partial charge < -0.3 is 15.1 Å². The molecule has 2 aliphatic rings. The molecular formula is C26H31N11O. The van der Waals surface area contributed by atoms with Crippen LogP contribution in [0.5, 0.6) is 0 Å². The van der Waals surface area contributed by atoms with E-state index < -0.39 is 0 Å². The highest BCUT2D eigenvalue weighted by molar-refractivity contribution is 6.06. The van der Waals surface area contributed by atoms with E-state index in [-0.39, 0.29) is 5.91 Å². The molecule has 0 aliphatic carbocycles. The molecule has 5 heterocycles. The Bertz CT molecular complexity index is 1540. The zero-order chi connectivity index (χ0) is 26.6. The first kappa shape index (κ1) is 24.0. The Kier molecular flexibility index (Phi) is 5.83. The number of nitrogens with one attached hydrogen (secondary N) is 2. The number of hydrogen-bond donors (Lipinski definition) is 2. The van der Waals surface area contributed by atoms with Crippen LogP contribution < -0.4 is 15.1 Å². The number of aromatic amines is 1. The van der Waals surface area contributed by atoms with Gasteiger partial charge in [0, 0.05) is 60.8 Å². The van der Waals surface area contributed by atoms with E-state index in [9.17, 15) is 4.79 Å². The minimum atomic E-state index is -0.190. The molecule has 2 atom stereocenters. The Morgan fingerprint density at radius 1 is 1.11 bits per heavy atom. The van der Waals surface area contributed by atoms with Gasteiger partial charge in [-0.3, -0.25) is 14.8 Å². The van der Waals surface area contributed by atoms with Crippen LogP contribution in [0.1, 0.15) is 20.8 Å². The zero-order valence-corrected chi connectivity index (χ0v) is 22.2. The van der Waals surface area contributed by atoms with Crippen molar-refractivity contribution in [2.75, 3.05) is 42.3 Å². The highest BCUT2D eigenvalue weighted by Gasteiger charge is 2.28. The van der Waals surface area contributed by atoms with E-state index in [1.165, 1.54) is 0 Å². The van der Waals surface area contributed by atoms with Crippen molar-refractivity contribution in [1.29, 1.82) is 0 Å². The Labute approximate surface area is 220 Å². The van der Waals surface area contributed by atoms with E-state index in [4.69, 9.17) is 0 Å². The zero-order valence-electron chi connectivity index (χ0n) is 22.2. The van der Waals surface area contributed by atoms with Crippen molar-refractivity contribution in [3.8, 4) is 11.3 Å². The largest absolute Gasteiger partial charge is 0.353 e. The molecule has 4 aromatic rings. The minimum Gasteiger partial charge on any atom is -0.353 e. The summed E-state index contributed by atoms with van der Waals surface area (Å²) in [6.07, 6.45) is 1.84. The number of likely N-dealkylation sites (N-methyl/N-ethyl adjacent to an activating group) is 1. The lowest BCUT2D eigenvalue weighted by molar-refractivity contribution is -0.113. The predicted molar refractivity (Wildman–Crippen MR) is 146 cm³/mol. The van der Waals surface area contributed by atoms with Crippen molar-refractivity contribution in [3.63, 3.8) is 0 Å². The number of rotatable bonds is 4. The number of pyridine rings is 1. The second kappa shape index (κ2) is 9.21. The molecule has 1 fully saturated rings. The summed E-state index contributed by atoms with van der Waals surface area (Å²) in [7, 11) is 4.02. The number of allylic oxidation sites excluding steroid dienone is 1. The SMILES string of the molecule is CC1=C(C(=O)Nc2ccc3[nH]nc(-c4ccnc(N5C[C@@H](C)N(C)[C@@H](C)C5)c4)c3c2)Cn2nnnc2N1C. The standard InChI is InChI=1S/C26H31N11O/c1-15-12-36(13-16(2)34(15)4)23-10-18(8-9-27-23)24-20-11-19(6-7-22(20)29-30-24)28-25(38)21-14-37-26(31-32-33-37)35(5)17(21)3/h6-11,15-16H,12-14H2,1-5H3,(H,28,38)(H,29,30)/t15-,16+. The summed E-state index contributed by atoms with van der Waals surface area (Å²) < 4.78 is 1.61. The van der Waals surface area contributed by atoms with Gasteiger partial charge in [-0.25, -0.2) is 9.67 Å². The van der Waals surface area contributed by atoms with Crippen LogP contribution in [0.25, 0.3) is 22.2 Å². The lowest BCUT2D eigenvalue weighted by atomic mass is 10.1. The molecule has 3 aromatic heterocycles. The lowest BCUT2D eigenvalue weighted by Gasteiger charge is -2.43. The Morgan fingerprint density at radius 2 is 1.89 bits per heavy atom. The number of hydrogen-bond acceptors (Lipinski definition) is 9. The van der Waals surface area contributed by atoms with Gasteiger partial charge in [-0.2, -0.15) is 5.10 Å². The van der Waals surface area contributed by atoms with Crippen molar-refractivity contribution in [2.24, 2.45) is 0 Å². The molecule has 12 heteroatoms. The molecule has 0 saturated carbocycles. The van der Waals surface area contributed by atoms with E-state index >= 15 is 0 Å². The summed E-state index contributed by atoms with van der Waals surface area (Å²) in [5.74, 6) is 1.37. The molecule has 0 radical (unpaired) electrons. The highest BCUT2D eigenvalue weighted by Crippen LogP contribution is 2.31. The predicted octanol–water partition coefficient (Wildman–Crippen LogP) is 2.50. The van der Waals surface area contributed by atoms with Crippen LogP contribution in [0.15, 0.2) is 47.8 Å². The van der Waals surface area contributed by atoms with E-state index in [0.29, 0.717) is 35.8 Å². The van der Waals surface area contributed by atoms with Gasteiger partial charge in [-0.15, -0.1) is 0 Å². The van der Waals surface area contributed by atoms with Crippen molar-refractivity contribution < 1.29 is 4.79 Å². The topological polar surface area (TPSA) is 124 Å². The number of piperazine rings is 1. The molecular weight excluding hydrogens is 482 g/mol. The normalized spacial score (nSPS) is 20.2. The summed E-state index contributed by atoms with van der Waals surface area (Å²) in [4.78, 5) is 24.5. The summed E-state index contributed by atoms with van der Waals surface area (Å²) in [5, 5.41) is 23.4. The molecule has 1 amide bonds. The maximum absolute atomic E-state index is 13.3. The number of aromatic nitrogens is 7. The van der Waals surface area contributed by atoms with E-state index in [1.807, 2.05) is 49.3 Å². The van der Waals surface area contributed by atoms with E-state index in [1.54, 1.807) is 4.68 Å². The van der Waals surface area contributed by atoms with Crippen LogP contribution in [0.4, 0.5) is 17.5 Å². The number of H-pyrrole nitrogens is 1. The fourth-order valence-electron chi connectivity index (χ4n) is 5.24. The van der Waals surface area contributed by atoms with Crippen LogP contribution in [0, 0.1) is 0 Å². The summed E-state index contributed by atoms with van der Waals surface area (Å²) >= 11 is 0. The van der Waals surface area contributed by atoms with Crippen molar-refractivity contribution >= 4 is 34.3 Å². The van der Waals surface area contributed by atoms with Crippen LogP contribution in [-0.4, -0.2) is 85.5 Å². The summed E-state index contributed by atoms with van der Waals surface area (Å²) in [6, 6.07) is 10.7. The lowest BCUT2D eigenvalue weighted by Crippen LogP contribution is -2.55. The number of carbonyl (C=O) groups is 1. The smallest absolute Gasteiger partial charge is 0.255 e. The van der Waals surface area contributed by atoms with E-state index in [2.05, 4.69) is 72.8 Å². The molecule has 0 bridgehead atoms. The van der Waals surface area contributed by atoms with Crippen LogP contribution >= 0.6 is 0 Å². The first-order valence-corrected chi connectivity index (χ1v) is 12.7. The first-order valence-electron chi connectivity index (χ1n) is 12.7. The number of amides is 1. The van der Waals surface area contributed by atoms with Gasteiger partial charge in [0.05, 0.1) is 17.6 Å². The average molecular weight is 514 g/mol. The fourth-order valence-corrected chi connectivity index (χ4v) is 5.24. The summed E-state index contributed by atoms with van der Waals surface area (Å²) in [5.41, 5.74) is 4.79. The number of nitrogens with zero attached hydrogens (tertiary/aromatic N) is 9. The molecule has 1 saturated heterocycles. The third-order valence-electron chi connectivity index (χ3n) is 7.86. The Balaban J connectivity index is 1.27. The minimum absolute atomic E-state index is 0.190. The Morgan fingerprint density at radius 3 is 2.68 bits per heavy atom. The van der Waals surface area contributed by atoms with Crippen molar-refractivity contribution in [1.82, 2.24) is 40.3 Å². The van der Waals surface area contributed by atoms with Gasteiger partial charge in [0.25, 0.3) is 5.91 Å². The van der Waals surface area contributed by atoms with Crippen LogP contribution in [0.2, 0.25) is 0 Å². The second-order valence-corrected chi connectivity index (χ2v) is 10.2. The van der Waals surface area contributed by atoms with Gasteiger partial charge in [0.2, 0.25) is 5.95 Å². The molecule has 1 aromatic carbocycles. The number of fused-ring (bicyclic) bond motifs is 2. The van der Waals surface area contributed by atoms with Gasteiger partial charge >= 0.3 is 0 Å². The van der Waals surface area contributed by atoms with Gasteiger partial charge in [0.15, 0.2) is 0 Å². The quantitative estimate of drug-likeness (QED) is 0.424. The number of carbonyl (C=O) groups excluding carboxylic acids is 1. The van der Waals surface area contributed by atoms with Gasteiger partial charge in [0.1, 0.15) is 11.5 Å². The molecule has 196 valence electrons. The van der Waals surface area contributed by atoms with Crippen LogP contribution in [-0.2, 0) is 11.3 Å². The summed E-state index contributed by atoms with van der Waals surface area (Å²) in [6.45, 7) is 8.54. The fraction of sp³-hybridized carbons (Fsp3) is 0.385. The molecule has 2 aliphatic heterocycles. The molecule has 2 N–H and O–H groups in total. The van der Waals surface area contributed by atoms with E-state index in [0.717, 1.165) is 46.8 Å². The first-order chi connectivity index (χ1) is 18.3. The van der Waals surface area contributed by atoms with Crippen molar-refractivity contribution in [2.45, 2.75) is 39.4 Å². The monoisotopic (exact) mass is 513 g/mol. The molecule has 0 unspecified atom stereocenters. The Hall–Kier alpha value is -4.32. The van der Waals surface area contributed by atoms with Gasteiger partial charge in [-0.1, -0.05) is 5.10 Å². The number of tetrazole rings is 1. The maximum atomic E-state index is 13.3. The molecule has 38 heavy (non-hydrogen) atoms. The van der Waals surface area contributed by atoms with Crippen LogP contribution in [0.3, 0.4) is 0 Å². The highest BCUT2D eigenvalue weighted by atomic mass is 16.1.